The maximum absolute atomic E-state index is 5.76. The van der Waals surface area contributed by atoms with Crippen molar-refractivity contribution in [3.63, 3.8) is 0 Å². The molecule has 0 saturated carbocycles. The van der Waals surface area contributed by atoms with Crippen LogP contribution in [0.15, 0.2) is 18.6 Å². The van der Waals surface area contributed by atoms with Gasteiger partial charge in [0.1, 0.15) is 0 Å². The minimum absolute atomic E-state index is 0.642. The van der Waals surface area contributed by atoms with Crippen molar-refractivity contribution in [1.29, 1.82) is 0 Å². The zero-order valence-corrected chi connectivity index (χ0v) is 9.78. The zero-order valence-electron chi connectivity index (χ0n) is 8.97. The quantitative estimate of drug-likeness (QED) is 0.819. The number of fused-ring (bicyclic) bond motifs is 1. The summed E-state index contributed by atoms with van der Waals surface area (Å²) in [5, 5.41) is 4.20. The highest BCUT2D eigenvalue weighted by molar-refractivity contribution is 7.99. The van der Waals surface area contributed by atoms with E-state index in [0.717, 1.165) is 5.65 Å². The molecule has 1 fully saturated rings. The summed E-state index contributed by atoms with van der Waals surface area (Å²) in [6, 6.07) is 0. The number of aromatic nitrogens is 3. The SMILES string of the molecule is Nc1cnn2cc(C3CCSCC3)cnc12. The van der Waals surface area contributed by atoms with Crippen LogP contribution in [0.25, 0.3) is 5.65 Å². The van der Waals surface area contributed by atoms with E-state index in [1.807, 2.05) is 18.0 Å². The molecule has 2 aromatic rings. The molecule has 5 heteroatoms. The topological polar surface area (TPSA) is 56.2 Å². The minimum Gasteiger partial charge on any atom is -0.394 e. The summed E-state index contributed by atoms with van der Waals surface area (Å²) >= 11 is 2.04. The van der Waals surface area contributed by atoms with E-state index in [4.69, 9.17) is 5.73 Å². The van der Waals surface area contributed by atoms with Crippen LogP contribution in [0.3, 0.4) is 0 Å². The summed E-state index contributed by atoms with van der Waals surface area (Å²) in [5.74, 6) is 3.15. The van der Waals surface area contributed by atoms with Crippen molar-refractivity contribution in [3.8, 4) is 0 Å². The van der Waals surface area contributed by atoms with Gasteiger partial charge in [-0.15, -0.1) is 0 Å². The lowest BCUT2D eigenvalue weighted by atomic mass is 9.96. The van der Waals surface area contributed by atoms with Crippen LogP contribution in [-0.4, -0.2) is 26.1 Å². The molecule has 1 aliphatic rings. The van der Waals surface area contributed by atoms with Crippen LogP contribution in [0.2, 0.25) is 0 Å². The average Bonchev–Trinajstić information content (AvgIpc) is 2.72. The van der Waals surface area contributed by atoms with Crippen LogP contribution in [0.4, 0.5) is 5.69 Å². The van der Waals surface area contributed by atoms with E-state index >= 15 is 0 Å². The molecule has 0 unspecified atom stereocenters. The van der Waals surface area contributed by atoms with E-state index in [1.54, 1.807) is 10.7 Å². The van der Waals surface area contributed by atoms with Gasteiger partial charge < -0.3 is 5.73 Å². The first-order valence-corrected chi connectivity index (χ1v) is 6.66. The monoisotopic (exact) mass is 234 g/mol. The Balaban J connectivity index is 1.97. The van der Waals surface area contributed by atoms with Gasteiger partial charge in [0.25, 0.3) is 0 Å². The second kappa shape index (κ2) is 3.97. The number of nitrogens with zero attached hydrogens (tertiary/aromatic N) is 3. The van der Waals surface area contributed by atoms with Gasteiger partial charge in [-0.1, -0.05) is 0 Å². The van der Waals surface area contributed by atoms with Crippen molar-refractivity contribution in [2.75, 3.05) is 17.2 Å². The molecule has 4 nitrogen and oxygen atoms in total. The smallest absolute Gasteiger partial charge is 0.178 e. The lowest BCUT2D eigenvalue weighted by Crippen LogP contribution is -2.09. The van der Waals surface area contributed by atoms with Gasteiger partial charge in [-0.2, -0.15) is 16.9 Å². The van der Waals surface area contributed by atoms with Gasteiger partial charge in [0, 0.05) is 12.4 Å². The molecule has 16 heavy (non-hydrogen) atoms. The molecular weight excluding hydrogens is 220 g/mol. The summed E-state index contributed by atoms with van der Waals surface area (Å²) in [7, 11) is 0. The molecule has 3 rings (SSSR count). The number of anilines is 1. The molecule has 84 valence electrons. The third-order valence-corrected chi connectivity index (χ3v) is 4.15. The van der Waals surface area contributed by atoms with Crippen molar-refractivity contribution in [2.45, 2.75) is 18.8 Å². The zero-order chi connectivity index (χ0) is 11.0. The van der Waals surface area contributed by atoms with Gasteiger partial charge in [-0.3, -0.25) is 0 Å². The Morgan fingerprint density at radius 3 is 2.94 bits per heavy atom. The third kappa shape index (κ3) is 1.65. The first-order chi connectivity index (χ1) is 7.84. The van der Waals surface area contributed by atoms with Gasteiger partial charge in [-0.05, 0) is 35.8 Å². The summed E-state index contributed by atoms with van der Waals surface area (Å²) in [4.78, 5) is 4.38. The van der Waals surface area contributed by atoms with Crippen LogP contribution in [0.1, 0.15) is 24.3 Å². The maximum Gasteiger partial charge on any atom is 0.178 e. The first kappa shape index (κ1) is 9.96. The Morgan fingerprint density at radius 2 is 2.12 bits per heavy atom. The van der Waals surface area contributed by atoms with Crippen LogP contribution in [0.5, 0.6) is 0 Å². The fourth-order valence-corrected chi connectivity index (χ4v) is 3.26. The maximum atomic E-state index is 5.76. The fourth-order valence-electron chi connectivity index (χ4n) is 2.15. The molecule has 0 amide bonds. The van der Waals surface area contributed by atoms with E-state index in [1.165, 1.54) is 29.9 Å². The molecule has 0 bridgehead atoms. The fraction of sp³-hybridized carbons (Fsp3) is 0.455. The Labute approximate surface area is 98.2 Å². The van der Waals surface area contributed by atoms with Crippen molar-refractivity contribution >= 4 is 23.1 Å². The van der Waals surface area contributed by atoms with Crippen molar-refractivity contribution in [1.82, 2.24) is 14.6 Å². The molecule has 3 heterocycles. The lowest BCUT2D eigenvalue weighted by Gasteiger charge is -2.21. The van der Waals surface area contributed by atoms with Gasteiger partial charge in [0.15, 0.2) is 5.65 Å². The Hall–Kier alpha value is -1.23. The van der Waals surface area contributed by atoms with Crippen LogP contribution < -0.4 is 5.73 Å². The third-order valence-electron chi connectivity index (χ3n) is 3.10. The highest BCUT2D eigenvalue weighted by Gasteiger charge is 2.17. The van der Waals surface area contributed by atoms with E-state index in [9.17, 15) is 0 Å². The normalized spacial score (nSPS) is 18.0. The predicted octanol–water partition coefficient (Wildman–Crippen LogP) is 1.92. The Kier molecular flexibility index (Phi) is 2.47. The van der Waals surface area contributed by atoms with E-state index in [2.05, 4.69) is 16.3 Å². The lowest BCUT2D eigenvalue weighted by molar-refractivity contribution is 0.628. The van der Waals surface area contributed by atoms with Crippen LogP contribution in [-0.2, 0) is 0 Å². The highest BCUT2D eigenvalue weighted by Crippen LogP contribution is 2.31. The largest absolute Gasteiger partial charge is 0.394 e. The number of nitrogen functional groups attached to an aromatic ring is 1. The van der Waals surface area contributed by atoms with Gasteiger partial charge in [0.05, 0.1) is 11.9 Å². The van der Waals surface area contributed by atoms with Crippen molar-refractivity contribution in [2.24, 2.45) is 0 Å². The van der Waals surface area contributed by atoms with E-state index in [0.29, 0.717) is 11.6 Å². The van der Waals surface area contributed by atoms with E-state index in [-0.39, 0.29) is 0 Å². The summed E-state index contributed by atoms with van der Waals surface area (Å²) in [6.45, 7) is 0. The average molecular weight is 234 g/mol. The summed E-state index contributed by atoms with van der Waals surface area (Å²) in [5.41, 5.74) is 8.45. The highest BCUT2D eigenvalue weighted by atomic mass is 32.2. The van der Waals surface area contributed by atoms with E-state index < -0.39 is 0 Å². The second-order valence-corrected chi connectivity index (χ2v) is 5.37. The molecule has 0 aromatic carbocycles. The van der Waals surface area contributed by atoms with Crippen LogP contribution in [0, 0.1) is 0 Å². The molecule has 0 aliphatic carbocycles. The number of thioether (sulfide) groups is 1. The number of hydrogen-bond acceptors (Lipinski definition) is 4. The molecule has 0 spiro atoms. The minimum atomic E-state index is 0.642. The summed E-state index contributed by atoms with van der Waals surface area (Å²) in [6.07, 6.45) is 8.17. The standard InChI is InChI=1S/C11H14N4S/c12-10-6-14-15-7-9(5-13-11(10)15)8-1-3-16-4-2-8/h5-8H,1-4,12H2. The van der Waals surface area contributed by atoms with Gasteiger partial charge in [-0.25, -0.2) is 9.50 Å². The predicted molar refractivity (Wildman–Crippen MR) is 66.7 cm³/mol. The molecular formula is C11H14N4S. The molecule has 1 aliphatic heterocycles. The van der Waals surface area contributed by atoms with Gasteiger partial charge >= 0.3 is 0 Å². The number of nitrogens with two attached hydrogens (primary N) is 1. The second-order valence-electron chi connectivity index (χ2n) is 4.14. The molecule has 2 N–H and O–H groups in total. The number of hydrogen-bond donors (Lipinski definition) is 1. The Bertz CT molecular complexity index is 502. The van der Waals surface area contributed by atoms with Crippen LogP contribution >= 0.6 is 11.8 Å². The molecule has 2 aromatic heterocycles. The van der Waals surface area contributed by atoms with Gasteiger partial charge in [0.2, 0.25) is 0 Å². The van der Waals surface area contributed by atoms with Crippen molar-refractivity contribution in [3.05, 3.63) is 24.2 Å². The Morgan fingerprint density at radius 1 is 1.31 bits per heavy atom. The number of rotatable bonds is 1. The first-order valence-electron chi connectivity index (χ1n) is 5.51. The molecule has 0 atom stereocenters. The molecule has 1 saturated heterocycles. The van der Waals surface area contributed by atoms with Crippen molar-refractivity contribution < 1.29 is 0 Å². The summed E-state index contributed by atoms with van der Waals surface area (Å²) < 4.78 is 1.78. The molecule has 0 radical (unpaired) electrons.